The second-order valence-electron chi connectivity index (χ2n) is 13.3. The fraction of sp³-hybridized carbons (Fsp3) is 0.333. The van der Waals surface area contributed by atoms with Crippen molar-refractivity contribution in [2.75, 3.05) is 10.6 Å². The van der Waals surface area contributed by atoms with Gasteiger partial charge in [0, 0.05) is 12.1 Å². The molecule has 0 saturated heterocycles. The average molecular weight is 736 g/mol. The Kier molecular flexibility index (Phi) is 8.76. The van der Waals surface area contributed by atoms with E-state index < -0.39 is 0 Å². The number of aromatic amines is 2. The van der Waals surface area contributed by atoms with Gasteiger partial charge in [0.15, 0.2) is 34.0 Å². The summed E-state index contributed by atoms with van der Waals surface area (Å²) in [5.41, 5.74) is 7.01. The first-order valence-electron chi connectivity index (χ1n) is 17.7. The molecular formula is C36H36Cl2N14. The van der Waals surface area contributed by atoms with Crippen molar-refractivity contribution in [2.45, 2.75) is 76.5 Å². The Morgan fingerprint density at radius 1 is 0.577 bits per heavy atom. The molecule has 0 amide bonds. The van der Waals surface area contributed by atoms with Crippen LogP contribution in [-0.4, -0.2) is 59.0 Å². The summed E-state index contributed by atoms with van der Waals surface area (Å²) >= 11 is 12.4. The van der Waals surface area contributed by atoms with Crippen molar-refractivity contribution in [3.05, 3.63) is 83.4 Å². The molecule has 264 valence electrons. The van der Waals surface area contributed by atoms with E-state index in [1.165, 1.54) is 25.7 Å². The summed E-state index contributed by atoms with van der Waals surface area (Å²) < 4.78 is 4.28. The number of benzene rings is 2. The summed E-state index contributed by atoms with van der Waals surface area (Å²) in [5, 5.41) is 7.06. The molecule has 2 saturated carbocycles. The Balaban J connectivity index is 0.000000138. The van der Waals surface area contributed by atoms with E-state index in [0.29, 0.717) is 36.8 Å². The SMILES string of the molecule is Clc1nc(NCc2nc3ccccc3[nH]2)c2ncn(C3CCCC3)c2n1.Clc1nc(NCc2nc3ccccc3[nH]2)c2ncn(C3CCCC3)c2n1. The molecule has 16 heteroatoms. The molecular weight excluding hydrogens is 699 g/mol. The van der Waals surface area contributed by atoms with Gasteiger partial charge in [-0.05, 0) is 73.2 Å². The third-order valence-electron chi connectivity index (χ3n) is 9.95. The van der Waals surface area contributed by atoms with E-state index in [1.54, 1.807) is 0 Å². The average Bonchev–Trinajstić information content (AvgIpc) is 4.00. The summed E-state index contributed by atoms with van der Waals surface area (Å²) in [6.07, 6.45) is 13.4. The molecule has 4 N–H and O–H groups in total. The Hall–Kier alpha value is -5.34. The zero-order valence-electron chi connectivity index (χ0n) is 28.2. The number of aromatic nitrogens is 12. The van der Waals surface area contributed by atoms with Crippen molar-refractivity contribution >= 4 is 79.2 Å². The number of rotatable bonds is 8. The number of nitrogens with zero attached hydrogens (tertiary/aromatic N) is 10. The predicted molar refractivity (Wildman–Crippen MR) is 203 cm³/mol. The van der Waals surface area contributed by atoms with Gasteiger partial charge in [0.25, 0.3) is 0 Å². The van der Waals surface area contributed by atoms with Crippen LogP contribution < -0.4 is 10.6 Å². The molecule has 6 heterocycles. The third-order valence-corrected chi connectivity index (χ3v) is 10.3. The summed E-state index contributed by atoms with van der Waals surface area (Å²) in [4.78, 5) is 42.4. The van der Waals surface area contributed by atoms with Gasteiger partial charge in [-0.15, -0.1) is 0 Å². The zero-order chi connectivity index (χ0) is 35.0. The van der Waals surface area contributed by atoms with Crippen LogP contribution >= 0.6 is 23.2 Å². The molecule has 2 fully saturated rings. The summed E-state index contributed by atoms with van der Waals surface area (Å²) in [6, 6.07) is 16.8. The Morgan fingerprint density at radius 3 is 1.42 bits per heavy atom. The van der Waals surface area contributed by atoms with Gasteiger partial charge in [-0.3, -0.25) is 0 Å². The van der Waals surface area contributed by atoms with E-state index in [1.807, 2.05) is 61.2 Å². The standard InChI is InChI=1S/2C18H18ClN7/c2*19-18-24-16(20-9-14-22-12-7-3-4-8-13(12)23-14)15-17(25-18)26(10-21-15)11-5-1-2-6-11/h2*3-4,7-8,10-11H,1-2,5-6,9H2,(H,22,23)(H,20,24,25). The lowest BCUT2D eigenvalue weighted by Gasteiger charge is -2.12. The molecule has 14 nitrogen and oxygen atoms in total. The molecule has 0 bridgehead atoms. The number of nitrogens with one attached hydrogen (secondary N) is 4. The maximum Gasteiger partial charge on any atom is 0.226 e. The quantitative estimate of drug-likeness (QED) is 0.112. The minimum absolute atomic E-state index is 0.226. The Labute approximate surface area is 307 Å². The number of hydrogen-bond donors (Lipinski definition) is 4. The third kappa shape index (κ3) is 6.48. The number of para-hydroxylation sites is 4. The molecule has 2 aromatic carbocycles. The molecule has 0 atom stereocenters. The second kappa shape index (κ2) is 14.0. The number of halogens is 2. The summed E-state index contributed by atoms with van der Waals surface area (Å²) in [7, 11) is 0. The van der Waals surface area contributed by atoms with Gasteiger partial charge in [-0.1, -0.05) is 49.9 Å². The minimum atomic E-state index is 0.226. The molecule has 52 heavy (non-hydrogen) atoms. The molecule has 2 aliphatic carbocycles. The molecule has 0 unspecified atom stereocenters. The fourth-order valence-corrected chi connectivity index (χ4v) is 7.77. The van der Waals surface area contributed by atoms with Crippen LogP contribution in [0.15, 0.2) is 61.2 Å². The smallest absolute Gasteiger partial charge is 0.226 e. The maximum atomic E-state index is 6.18. The van der Waals surface area contributed by atoms with Crippen LogP contribution in [0.3, 0.4) is 0 Å². The highest BCUT2D eigenvalue weighted by molar-refractivity contribution is 6.29. The van der Waals surface area contributed by atoms with Gasteiger partial charge in [-0.2, -0.15) is 19.9 Å². The van der Waals surface area contributed by atoms with Crippen molar-refractivity contribution < 1.29 is 0 Å². The molecule has 2 aliphatic rings. The van der Waals surface area contributed by atoms with E-state index in [-0.39, 0.29) is 10.6 Å². The van der Waals surface area contributed by atoms with Crippen molar-refractivity contribution in [1.29, 1.82) is 0 Å². The topological polar surface area (TPSA) is 169 Å². The van der Waals surface area contributed by atoms with Gasteiger partial charge >= 0.3 is 0 Å². The normalized spacial score (nSPS) is 15.3. The first-order valence-corrected chi connectivity index (χ1v) is 18.5. The number of hydrogen-bond acceptors (Lipinski definition) is 10. The Morgan fingerprint density at radius 2 is 1.00 bits per heavy atom. The highest BCUT2D eigenvalue weighted by atomic mass is 35.5. The molecule has 0 radical (unpaired) electrons. The first kappa shape index (κ1) is 32.6. The zero-order valence-corrected chi connectivity index (χ0v) is 29.7. The molecule has 8 aromatic rings. The lowest BCUT2D eigenvalue weighted by atomic mass is 10.2. The van der Waals surface area contributed by atoms with Crippen LogP contribution in [0.1, 0.15) is 75.1 Å². The maximum absolute atomic E-state index is 6.18. The lowest BCUT2D eigenvalue weighted by molar-refractivity contribution is 0.529. The van der Waals surface area contributed by atoms with Gasteiger partial charge in [-0.25, -0.2) is 19.9 Å². The van der Waals surface area contributed by atoms with Crippen LogP contribution in [0.4, 0.5) is 11.6 Å². The van der Waals surface area contributed by atoms with Crippen molar-refractivity contribution in [3.8, 4) is 0 Å². The highest BCUT2D eigenvalue weighted by Crippen LogP contribution is 2.34. The second-order valence-corrected chi connectivity index (χ2v) is 14.0. The van der Waals surface area contributed by atoms with Gasteiger partial charge in [0.2, 0.25) is 10.6 Å². The fourth-order valence-electron chi connectivity index (χ4n) is 7.44. The summed E-state index contributed by atoms with van der Waals surface area (Å²) in [5.74, 6) is 2.95. The monoisotopic (exact) mass is 734 g/mol. The number of anilines is 2. The number of H-pyrrole nitrogens is 2. The molecule has 0 spiro atoms. The predicted octanol–water partition coefficient (Wildman–Crippen LogP) is 8.17. The number of fused-ring (bicyclic) bond motifs is 4. The highest BCUT2D eigenvalue weighted by Gasteiger charge is 2.23. The minimum Gasteiger partial charge on any atom is -0.361 e. The lowest BCUT2D eigenvalue weighted by Crippen LogP contribution is -2.07. The van der Waals surface area contributed by atoms with Crippen molar-refractivity contribution in [1.82, 2.24) is 59.0 Å². The van der Waals surface area contributed by atoms with E-state index in [0.717, 1.165) is 81.7 Å². The van der Waals surface area contributed by atoms with Gasteiger partial charge < -0.3 is 29.7 Å². The largest absolute Gasteiger partial charge is 0.361 e. The Bertz CT molecular complexity index is 2260. The van der Waals surface area contributed by atoms with E-state index in [9.17, 15) is 0 Å². The van der Waals surface area contributed by atoms with E-state index in [2.05, 4.69) is 69.6 Å². The van der Waals surface area contributed by atoms with Crippen LogP contribution in [0.5, 0.6) is 0 Å². The van der Waals surface area contributed by atoms with E-state index in [4.69, 9.17) is 23.2 Å². The molecule has 6 aromatic heterocycles. The van der Waals surface area contributed by atoms with Crippen LogP contribution in [-0.2, 0) is 13.1 Å². The molecule has 10 rings (SSSR count). The first-order chi connectivity index (χ1) is 25.6. The van der Waals surface area contributed by atoms with Gasteiger partial charge in [0.1, 0.15) is 11.6 Å². The van der Waals surface area contributed by atoms with Crippen molar-refractivity contribution in [3.63, 3.8) is 0 Å². The van der Waals surface area contributed by atoms with Crippen LogP contribution in [0.2, 0.25) is 10.6 Å². The number of imidazole rings is 4. The van der Waals surface area contributed by atoms with Crippen molar-refractivity contribution in [2.24, 2.45) is 0 Å². The molecule has 0 aliphatic heterocycles. The van der Waals surface area contributed by atoms with Gasteiger partial charge in [0.05, 0.1) is 47.8 Å². The summed E-state index contributed by atoms with van der Waals surface area (Å²) in [6.45, 7) is 1.01. The van der Waals surface area contributed by atoms with Crippen LogP contribution in [0, 0.1) is 0 Å². The van der Waals surface area contributed by atoms with E-state index >= 15 is 0 Å². The van der Waals surface area contributed by atoms with Crippen LogP contribution in [0.25, 0.3) is 44.4 Å².